The first-order valence-electron chi connectivity index (χ1n) is 8.27. The molecule has 122 valence electrons. The Kier molecular flexibility index (Phi) is 4.80. The maximum atomic E-state index is 11.2. The van der Waals surface area contributed by atoms with Crippen molar-refractivity contribution in [1.82, 2.24) is 4.90 Å². The standard InChI is InChI=1S/C21H22N2O/c1-17(19-10-6-3-7-11-19)21(24)13-12-20(21)23(15-14-22)16-18-8-4-2-5-9-18/h2-11,20,24H,1,12-13,15-16H2/t20-,21?/m0/s1. The van der Waals surface area contributed by atoms with Gasteiger partial charge in [0.1, 0.15) is 5.60 Å². The molecule has 0 bridgehead atoms. The third-order valence-corrected chi connectivity index (χ3v) is 4.94. The highest BCUT2D eigenvalue weighted by atomic mass is 16.3. The van der Waals surface area contributed by atoms with Crippen molar-refractivity contribution in [3.8, 4) is 6.07 Å². The van der Waals surface area contributed by atoms with Crippen molar-refractivity contribution in [3.63, 3.8) is 0 Å². The number of benzene rings is 2. The summed E-state index contributed by atoms with van der Waals surface area (Å²) >= 11 is 0. The van der Waals surface area contributed by atoms with Crippen LogP contribution in [0.1, 0.15) is 24.0 Å². The van der Waals surface area contributed by atoms with Crippen LogP contribution in [0.2, 0.25) is 0 Å². The van der Waals surface area contributed by atoms with Gasteiger partial charge in [0, 0.05) is 12.6 Å². The number of nitrogens with zero attached hydrogens (tertiary/aromatic N) is 2. The zero-order valence-electron chi connectivity index (χ0n) is 13.7. The van der Waals surface area contributed by atoms with Gasteiger partial charge in [0.25, 0.3) is 0 Å². The summed E-state index contributed by atoms with van der Waals surface area (Å²) in [4.78, 5) is 2.06. The van der Waals surface area contributed by atoms with Gasteiger partial charge in [-0.3, -0.25) is 4.90 Å². The Bertz CT molecular complexity index is 735. The van der Waals surface area contributed by atoms with Crippen LogP contribution in [0.15, 0.2) is 67.2 Å². The van der Waals surface area contributed by atoms with Crippen LogP contribution in [0, 0.1) is 11.3 Å². The van der Waals surface area contributed by atoms with Crippen LogP contribution in [0.5, 0.6) is 0 Å². The minimum absolute atomic E-state index is 0.0786. The van der Waals surface area contributed by atoms with Gasteiger partial charge in [-0.05, 0) is 29.5 Å². The van der Waals surface area contributed by atoms with Crippen molar-refractivity contribution in [2.75, 3.05) is 6.54 Å². The van der Waals surface area contributed by atoms with Crippen LogP contribution in [0.3, 0.4) is 0 Å². The Labute approximate surface area is 143 Å². The van der Waals surface area contributed by atoms with Gasteiger partial charge in [-0.25, -0.2) is 0 Å². The van der Waals surface area contributed by atoms with Crippen LogP contribution >= 0.6 is 0 Å². The molecule has 2 aromatic rings. The Hall–Kier alpha value is -2.41. The summed E-state index contributed by atoms with van der Waals surface area (Å²) in [6.07, 6.45) is 1.55. The maximum Gasteiger partial charge on any atom is 0.105 e. The molecule has 0 heterocycles. The van der Waals surface area contributed by atoms with Crippen molar-refractivity contribution in [2.45, 2.75) is 31.0 Å². The Balaban J connectivity index is 1.81. The second kappa shape index (κ2) is 7.00. The highest BCUT2D eigenvalue weighted by Gasteiger charge is 2.50. The third kappa shape index (κ3) is 3.12. The van der Waals surface area contributed by atoms with E-state index in [9.17, 15) is 10.4 Å². The van der Waals surface area contributed by atoms with E-state index in [-0.39, 0.29) is 6.04 Å². The summed E-state index contributed by atoms with van der Waals surface area (Å²) in [7, 11) is 0. The number of aliphatic hydroxyl groups is 1. The van der Waals surface area contributed by atoms with E-state index in [1.165, 1.54) is 0 Å². The molecule has 1 saturated carbocycles. The summed E-state index contributed by atoms with van der Waals surface area (Å²) in [5.74, 6) is 0. The Morgan fingerprint density at radius 3 is 2.33 bits per heavy atom. The van der Waals surface area contributed by atoms with Crippen LogP contribution in [-0.2, 0) is 6.54 Å². The van der Waals surface area contributed by atoms with Gasteiger partial charge in [-0.15, -0.1) is 0 Å². The van der Waals surface area contributed by atoms with Crippen molar-refractivity contribution >= 4 is 5.57 Å². The van der Waals surface area contributed by atoms with Gasteiger partial charge in [0.2, 0.25) is 0 Å². The van der Waals surface area contributed by atoms with Gasteiger partial charge in [0.15, 0.2) is 0 Å². The molecule has 3 nitrogen and oxygen atoms in total. The fraction of sp³-hybridized carbons (Fsp3) is 0.286. The van der Waals surface area contributed by atoms with Crippen molar-refractivity contribution in [3.05, 3.63) is 78.4 Å². The average molecular weight is 318 g/mol. The number of nitriles is 1. The fourth-order valence-electron chi connectivity index (χ4n) is 3.46. The Morgan fingerprint density at radius 1 is 1.17 bits per heavy atom. The average Bonchev–Trinajstić information content (AvgIpc) is 2.61. The smallest absolute Gasteiger partial charge is 0.105 e. The van der Waals surface area contributed by atoms with Gasteiger partial charge >= 0.3 is 0 Å². The molecule has 1 unspecified atom stereocenters. The van der Waals surface area contributed by atoms with E-state index in [0.29, 0.717) is 19.5 Å². The normalized spacial score (nSPS) is 22.6. The molecule has 0 amide bonds. The number of rotatable bonds is 6. The zero-order valence-corrected chi connectivity index (χ0v) is 13.7. The first kappa shape index (κ1) is 16.4. The zero-order chi connectivity index (χ0) is 17.0. The monoisotopic (exact) mass is 318 g/mol. The van der Waals surface area contributed by atoms with E-state index in [4.69, 9.17) is 0 Å². The van der Waals surface area contributed by atoms with Crippen LogP contribution < -0.4 is 0 Å². The SMILES string of the molecule is C=C(c1ccccc1)C1(O)CC[C@@H]1N(CC#N)Cc1ccccc1. The van der Waals surface area contributed by atoms with E-state index < -0.39 is 5.60 Å². The molecule has 0 saturated heterocycles. The van der Waals surface area contributed by atoms with Crippen molar-refractivity contribution < 1.29 is 5.11 Å². The lowest BCUT2D eigenvalue weighted by molar-refractivity contribution is -0.0719. The first-order valence-corrected chi connectivity index (χ1v) is 8.27. The lowest BCUT2D eigenvalue weighted by Gasteiger charge is -2.51. The molecule has 0 spiro atoms. The van der Waals surface area contributed by atoms with Crippen LogP contribution in [-0.4, -0.2) is 28.2 Å². The predicted molar refractivity (Wildman–Crippen MR) is 95.9 cm³/mol. The van der Waals surface area contributed by atoms with E-state index in [1.807, 2.05) is 60.7 Å². The maximum absolute atomic E-state index is 11.2. The number of hydrogen-bond acceptors (Lipinski definition) is 3. The van der Waals surface area contributed by atoms with E-state index >= 15 is 0 Å². The predicted octanol–water partition coefficient (Wildman–Crippen LogP) is 3.62. The molecular weight excluding hydrogens is 296 g/mol. The summed E-state index contributed by atoms with van der Waals surface area (Å²) in [6, 6.07) is 22.0. The summed E-state index contributed by atoms with van der Waals surface area (Å²) in [5, 5.41) is 20.4. The van der Waals surface area contributed by atoms with Crippen LogP contribution in [0.4, 0.5) is 0 Å². The molecule has 1 aliphatic carbocycles. The topological polar surface area (TPSA) is 47.3 Å². The largest absolute Gasteiger partial charge is 0.384 e. The van der Waals surface area contributed by atoms with Gasteiger partial charge in [-0.2, -0.15) is 5.26 Å². The lowest BCUT2D eigenvalue weighted by Crippen LogP contribution is -2.60. The molecule has 3 rings (SSSR count). The highest BCUT2D eigenvalue weighted by molar-refractivity contribution is 5.72. The van der Waals surface area contributed by atoms with E-state index in [0.717, 1.165) is 23.1 Å². The minimum atomic E-state index is -0.965. The molecule has 2 atom stereocenters. The molecule has 1 aliphatic rings. The summed E-state index contributed by atoms with van der Waals surface area (Å²) < 4.78 is 0. The van der Waals surface area contributed by atoms with Gasteiger partial charge in [0.05, 0.1) is 12.6 Å². The van der Waals surface area contributed by atoms with Gasteiger partial charge in [-0.1, -0.05) is 67.2 Å². The van der Waals surface area contributed by atoms with Gasteiger partial charge < -0.3 is 5.11 Å². The van der Waals surface area contributed by atoms with Crippen molar-refractivity contribution in [2.24, 2.45) is 0 Å². The molecule has 0 aromatic heterocycles. The minimum Gasteiger partial charge on any atom is -0.384 e. The van der Waals surface area contributed by atoms with E-state index in [2.05, 4.69) is 17.5 Å². The lowest BCUT2D eigenvalue weighted by atomic mass is 9.68. The summed E-state index contributed by atoms with van der Waals surface area (Å²) in [6.45, 7) is 5.11. The molecule has 0 radical (unpaired) electrons. The van der Waals surface area contributed by atoms with E-state index in [1.54, 1.807) is 0 Å². The molecule has 2 aromatic carbocycles. The summed E-state index contributed by atoms with van der Waals surface area (Å²) in [5.41, 5.74) is 1.89. The first-order chi connectivity index (χ1) is 11.6. The Morgan fingerprint density at radius 2 is 1.79 bits per heavy atom. The second-order valence-electron chi connectivity index (χ2n) is 6.37. The molecular formula is C21H22N2O. The molecule has 24 heavy (non-hydrogen) atoms. The number of hydrogen-bond donors (Lipinski definition) is 1. The molecule has 1 fully saturated rings. The van der Waals surface area contributed by atoms with Crippen LogP contribution in [0.25, 0.3) is 5.57 Å². The molecule has 1 N–H and O–H groups in total. The van der Waals surface area contributed by atoms with Crippen molar-refractivity contribution in [1.29, 1.82) is 5.26 Å². The molecule has 3 heteroatoms. The quantitative estimate of drug-likeness (QED) is 0.828. The highest BCUT2D eigenvalue weighted by Crippen LogP contribution is 2.45. The molecule has 0 aliphatic heterocycles. The third-order valence-electron chi connectivity index (χ3n) is 4.94. The second-order valence-corrected chi connectivity index (χ2v) is 6.37. The fourth-order valence-corrected chi connectivity index (χ4v) is 3.46.